The molecule has 3 aromatic rings. The number of hydrazine groups is 1. The first-order valence-electron chi connectivity index (χ1n) is 11.7. The van der Waals surface area contributed by atoms with Crippen molar-refractivity contribution in [3.8, 4) is 5.75 Å². The van der Waals surface area contributed by atoms with Gasteiger partial charge < -0.3 is 14.6 Å². The van der Waals surface area contributed by atoms with Crippen molar-refractivity contribution in [3.05, 3.63) is 97.9 Å². The van der Waals surface area contributed by atoms with Gasteiger partial charge >= 0.3 is 0 Å². The fraction of sp³-hybridized carbons (Fsp3) is 0.259. The Morgan fingerprint density at radius 1 is 1.11 bits per heavy atom. The topological polar surface area (TPSA) is 92.2 Å². The van der Waals surface area contributed by atoms with Crippen LogP contribution in [0.2, 0.25) is 10.0 Å². The molecular weight excluding hydrogens is 581 g/mol. The van der Waals surface area contributed by atoms with Gasteiger partial charge in [0.05, 0.1) is 6.61 Å². The SMILES string of the molecule is O=C(NNCc1ccc(Cl)cc1Cl)[C@]1(Cc2ccc(Br)cc2)COC(c2ccc(OCCCO)cc2)=N1. The smallest absolute Gasteiger partial charge is 0.266 e. The number of ether oxygens (including phenoxy) is 2. The Kier molecular flexibility index (Phi) is 9.45. The number of hydrogen-bond donors (Lipinski definition) is 3. The zero-order valence-electron chi connectivity index (χ0n) is 19.8. The number of nitrogens with one attached hydrogen (secondary N) is 2. The summed E-state index contributed by atoms with van der Waals surface area (Å²) in [4.78, 5) is 18.3. The summed E-state index contributed by atoms with van der Waals surface area (Å²) in [5.74, 6) is 0.745. The van der Waals surface area contributed by atoms with Gasteiger partial charge in [0.1, 0.15) is 12.4 Å². The molecule has 3 aromatic carbocycles. The number of carbonyl (C=O) groups is 1. The van der Waals surface area contributed by atoms with Gasteiger partial charge in [-0.15, -0.1) is 0 Å². The van der Waals surface area contributed by atoms with E-state index in [0.717, 1.165) is 21.2 Å². The highest BCUT2D eigenvalue weighted by atomic mass is 79.9. The van der Waals surface area contributed by atoms with E-state index in [9.17, 15) is 4.79 Å². The molecule has 0 saturated heterocycles. The third-order valence-electron chi connectivity index (χ3n) is 5.76. The summed E-state index contributed by atoms with van der Waals surface area (Å²) in [5, 5.41) is 9.97. The van der Waals surface area contributed by atoms with Crippen molar-refractivity contribution >= 4 is 50.9 Å². The van der Waals surface area contributed by atoms with E-state index in [0.29, 0.717) is 47.7 Å². The molecule has 37 heavy (non-hydrogen) atoms. The zero-order chi connectivity index (χ0) is 26.3. The first-order valence-corrected chi connectivity index (χ1v) is 13.2. The van der Waals surface area contributed by atoms with Crippen LogP contribution in [0, 0.1) is 0 Å². The highest BCUT2D eigenvalue weighted by molar-refractivity contribution is 9.10. The molecule has 1 heterocycles. The van der Waals surface area contributed by atoms with Crippen molar-refractivity contribution in [2.75, 3.05) is 19.8 Å². The second kappa shape index (κ2) is 12.8. The molecule has 0 aromatic heterocycles. The monoisotopic (exact) mass is 605 g/mol. The molecule has 0 saturated carbocycles. The Morgan fingerprint density at radius 2 is 1.86 bits per heavy atom. The number of halogens is 3. The van der Waals surface area contributed by atoms with Crippen LogP contribution in [0.4, 0.5) is 0 Å². The number of aliphatic hydroxyl groups excluding tert-OH is 1. The Labute approximate surface area is 233 Å². The lowest BCUT2D eigenvalue weighted by atomic mass is 9.91. The molecule has 1 aliphatic rings. The molecular formula is C27H26BrCl2N3O4. The van der Waals surface area contributed by atoms with Gasteiger partial charge in [0.15, 0.2) is 5.54 Å². The minimum Gasteiger partial charge on any atom is -0.494 e. The van der Waals surface area contributed by atoms with Gasteiger partial charge in [0, 0.05) is 46.1 Å². The van der Waals surface area contributed by atoms with Crippen molar-refractivity contribution in [2.24, 2.45) is 4.99 Å². The third-order valence-corrected chi connectivity index (χ3v) is 6.88. The number of hydrogen-bond acceptors (Lipinski definition) is 6. The van der Waals surface area contributed by atoms with E-state index in [-0.39, 0.29) is 19.1 Å². The summed E-state index contributed by atoms with van der Waals surface area (Å²) in [6.45, 7) is 0.901. The Morgan fingerprint density at radius 3 is 2.57 bits per heavy atom. The number of amides is 1. The maximum Gasteiger partial charge on any atom is 0.266 e. The quantitative estimate of drug-likeness (QED) is 0.209. The normalized spacial score (nSPS) is 16.7. The number of benzene rings is 3. The fourth-order valence-electron chi connectivity index (χ4n) is 3.77. The van der Waals surface area contributed by atoms with E-state index < -0.39 is 5.54 Å². The number of rotatable bonds is 11. The Hall–Kier alpha value is -2.62. The van der Waals surface area contributed by atoms with Crippen LogP contribution in [-0.2, 0) is 22.5 Å². The predicted molar refractivity (Wildman–Crippen MR) is 148 cm³/mol. The van der Waals surface area contributed by atoms with Crippen LogP contribution < -0.4 is 15.6 Å². The fourth-order valence-corrected chi connectivity index (χ4v) is 4.51. The van der Waals surface area contributed by atoms with Crippen molar-refractivity contribution in [2.45, 2.75) is 24.9 Å². The molecule has 0 bridgehead atoms. The Balaban J connectivity index is 1.51. The molecule has 1 atom stereocenters. The number of aliphatic hydroxyl groups is 1. The lowest BCUT2D eigenvalue weighted by Gasteiger charge is -2.23. The molecule has 0 aliphatic carbocycles. The highest BCUT2D eigenvalue weighted by Crippen LogP contribution is 2.28. The standard InChI is InChI=1S/C27H26BrCl2N3O4/c28-21-7-2-18(3-8-21)15-27(26(35)33-31-16-20-4-9-22(29)14-24(20)30)17-37-25(32-27)19-5-10-23(11-6-19)36-13-1-12-34/h2-11,14,31,34H,1,12-13,15-17H2,(H,33,35)/t27-/m0/s1. The minimum atomic E-state index is -1.17. The molecule has 4 rings (SSSR count). The summed E-state index contributed by atoms with van der Waals surface area (Å²) >= 11 is 15.7. The minimum absolute atomic E-state index is 0.0762. The summed E-state index contributed by atoms with van der Waals surface area (Å²) in [6, 6.07) is 20.2. The maximum absolute atomic E-state index is 13.5. The van der Waals surface area contributed by atoms with Gasteiger partial charge in [0.25, 0.3) is 5.91 Å². The number of nitrogens with zero attached hydrogens (tertiary/aromatic N) is 1. The molecule has 0 unspecified atom stereocenters. The van der Waals surface area contributed by atoms with Gasteiger partial charge in [-0.2, -0.15) is 0 Å². The molecule has 3 N–H and O–H groups in total. The van der Waals surface area contributed by atoms with E-state index in [1.54, 1.807) is 18.2 Å². The van der Waals surface area contributed by atoms with Gasteiger partial charge in [-0.25, -0.2) is 10.4 Å². The van der Waals surface area contributed by atoms with E-state index in [2.05, 4.69) is 26.8 Å². The van der Waals surface area contributed by atoms with Gasteiger partial charge in [0.2, 0.25) is 5.90 Å². The average molecular weight is 607 g/mol. The first kappa shape index (κ1) is 27.4. The average Bonchev–Trinajstić information content (AvgIpc) is 3.32. The zero-order valence-corrected chi connectivity index (χ0v) is 22.9. The van der Waals surface area contributed by atoms with Gasteiger partial charge in [-0.1, -0.05) is 57.3 Å². The van der Waals surface area contributed by atoms with E-state index >= 15 is 0 Å². The predicted octanol–water partition coefficient (Wildman–Crippen LogP) is 5.10. The van der Waals surface area contributed by atoms with E-state index in [1.807, 2.05) is 48.5 Å². The lowest BCUT2D eigenvalue weighted by molar-refractivity contribution is -0.127. The van der Waals surface area contributed by atoms with E-state index in [1.165, 1.54) is 0 Å². The number of carbonyl (C=O) groups excluding carboxylic acids is 1. The van der Waals surface area contributed by atoms with Crippen molar-refractivity contribution in [1.82, 2.24) is 10.9 Å². The molecule has 0 radical (unpaired) electrons. The van der Waals surface area contributed by atoms with Crippen molar-refractivity contribution in [3.63, 3.8) is 0 Å². The van der Waals surface area contributed by atoms with Crippen molar-refractivity contribution < 1.29 is 19.4 Å². The van der Waals surface area contributed by atoms with Gasteiger partial charge in [-0.3, -0.25) is 10.2 Å². The molecule has 1 amide bonds. The summed E-state index contributed by atoms with van der Waals surface area (Å²) < 4.78 is 12.5. The second-order valence-corrected chi connectivity index (χ2v) is 10.3. The summed E-state index contributed by atoms with van der Waals surface area (Å²) in [5.41, 5.74) is 7.04. The molecule has 7 nitrogen and oxygen atoms in total. The van der Waals surface area contributed by atoms with Crippen LogP contribution in [-0.4, -0.2) is 42.3 Å². The molecule has 1 aliphatic heterocycles. The van der Waals surface area contributed by atoms with Crippen LogP contribution in [0.5, 0.6) is 5.75 Å². The molecule has 0 fully saturated rings. The highest BCUT2D eigenvalue weighted by Gasteiger charge is 2.44. The van der Waals surface area contributed by atoms with Gasteiger partial charge in [-0.05, 0) is 59.7 Å². The van der Waals surface area contributed by atoms with E-state index in [4.69, 9.17) is 42.8 Å². The van der Waals surface area contributed by atoms with Crippen LogP contribution in [0.1, 0.15) is 23.1 Å². The Bertz CT molecular complexity index is 1260. The molecule has 194 valence electrons. The first-order chi connectivity index (χ1) is 17.9. The van der Waals surface area contributed by atoms with Crippen LogP contribution >= 0.6 is 39.1 Å². The third kappa shape index (κ3) is 7.24. The summed E-state index contributed by atoms with van der Waals surface area (Å²) in [6.07, 6.45) is 0.908. The van der Waals surface area contributed by atoms with Crippen molar-refractivity contribution in [1.29, 1.82) is 0 Å². The number of aliphatic imine (C=N–C) groups is 1. The van der Waals surface area contributed by atoms with Crippen LogP contribution in [0.3, 0.4) is 0 Å². The lowest BCUT2D eigenvalue weighted by Crippen LogP contribution is -2.52. The molecule has 0 spiro atoms. The van der Waals surface area contributed by atoms with Crippen LogP contribution in [0.15, 0.2) is 76.2 Å². The maximum atomic E-state index is 13.5. The largest absolute Gasteiger partial charge is 0.494 e. The summed E-state index contributed by atoms with van der Waals surface area (Å²) in [7, 11) is 0. The molecule has 10 heteroatoms. The van der Waals surface area contributed by atoms with Crippen LogP contribution in [0.25, 0.3) is 0 Å². The second-order valence-electron chi connectivity index (χ2n) is 8.53.